The number of rotatable bonds is 2. The van der Waals surface area contributed by atoms with Gasteiger partial charge in [0.1, 0.15) is 5.75 Å². The zero-order valence-corrected chi connectivity index (χ0v) is 9.64. The summed E-state index contributed by atoms with van der Waals surface area (Å²) >= 11 is 3.41. The van der Waals surface area contributed by atoms with Crippen LogP contribution in [0.4, 0.5) is 0 Å². The molecule has 1 rings (SSSR count). The maximum Gasteiger partial charge on any atom is 0.123 e. The molecule has 0 fully saturated rings. The van der Waals surface area contributed by atoms with Crippen LogP contribution in [0, 0.1) is 6.92 Å². The number of nitrogens with one attached hydrogen (secondary N) is 1. The average Bonchev–Trinajstić information content (AvgIpc) is 2.10. The van der Waals surface area contributed by atoms with Gasteiger partial charge in [-0.15, -0.1) is 0 Å². The number of aryl methyl sites for hydroxylation is 1. The predicted molar refractivity (Wildman–Crippen MR) is 58.0 cm³/mol. The van der Waals surface area contributed by atoms with E-state index in [4.69, 9.17) is 0 Å². The Morgan fingerprint density at radius 1 is 1.46 bits per heavy atom. The maximum absolute atomic E-state index is 9.76. The highest BCUT2D eigenvalue weighted by molar-refractivity contribution is 9.10. The summed E-state index contributed by atoms with van der Waals surface area (Å²) in [7, 11) is 1.88. The first-order valence-electron chi connectivity index (χ1n) is 4.22. The summed E-state index contributed by atoms with van der Waals surface area (Å²) in [6, 6.07) is 4.00. The van der Waals surface area contributed by atoms with Crippen LogP contribution in [0.3, 0.4) is 0 Å². The van der Waals surface area contributed by atoms with Crippen molar-refractivity contribution in [1.29, 1.82) is 0 Å². The SMILES string of the molecule is CN[C@@H](C)c1cc(Br)cc(C)c1O. The Morgan fingerprint density at radius 2 is 2.08 bits per heavy atom. The molecule has 1 atom stereocenters. The zero-order chi connectivity index (χ0) is 10.0. The highest BCUT2D eigenvalue weighted by atomic mass is 79.9. The number of benzene rings is 1. The molecule has 0 aliphatic rings. The quantitative estimate of drug-likeness (QED) is 0.838. The van der Waals surface area contributed by atoms with E-state index in [0.717, 1.165) is 15.6 Å². The minimum atomic E-state index is 0.163. The van der Waals surface area contributed by atoms with Crippen molar-refractivity contribution in [3.05, 3.63) is 27.7 Å². The van der Waals surface area contributed by atoms with Crippen LogP contribution in [0.1, 0.15) is 24.1 Å². The van der Waals surface area contributed by atoms with E-state index in [2.05, 4.69) is 21.2 Å². The van der Waals surface area contributed by atoms with E-state index in [1.165, 1.54) is 0 Å². The number of halogens is 1. The molecule has 0 bridgehead atoms. The highest BCUT2D eigenvalue weighted by Gasteiger charge is 2.10. The third-order valence-electron chi connectivity index (χ3n) is 2.19. The van der Waals surface area contributed by atoms with E-state index in [9.17, 15) is 5.11 Å². The molecule has 2 nitrogen and oxygen atoms in total. The highest BCUT2D eigenvalue weighted by Crippen LogP contribution is 2.30. The third kappa shape index (κ3) is 2.23. The van der Waals surface area contributed by atoms with Gasteiger partial charge in [0.25, 0.3) is 0 Å². The van der Waals surface area contributed by atoms with Crippen molar-refractivity contribution in [3.8, 4) is 5.75 Å². The number of hydrogen-bond acceptors (Lipinski definition) is 2. The van der Waals surface area contributed by atoms with Crippen LogP contribution in [-0.2, 0) is 0 Å². The standard InChI is InChI=1S/C10H14BrNO/c1-6-4-8(11)5-9(10(6)13)7(2)12-3/h4-5,7,12-13H,1-3H3/t7-/m0/s1. The average molecular weight is 244 g/mol. The van der Waals surface area contributed by atoms with Gasteiger partial charge < -0.3 is 10.4 Å². The van der Waals surface area contributed by atoms with Crippen molar-refractivity contribution < 1.29 is 5.11 Å². The second-order valence-corrected chi connectivity index (χ2v) is 4.09. The van der Waals surface area contributed by atoms with E-state index in [0.29, 0.717) is 5.75 Å². The Kier molecular flexibility index (Phi) is 3.33. The fraction of sp³-hybridized carbons (Fsp3) is 0.400. The van der Waals surface area contributed by atoms with Gasteiger partial charge in [-0.3, -0.25) is 0 Å². The van der Waals surface area contributed by atoms with Gasteiger partial charge in [0.15, 0.2) is 0 Å². The molecule has 0 radical (unpaired) electrons. The summed E-state index contributed by atoms with van der Waals surface area (Å²) < 4.78 is 1.000. The van der Waals surface area contributed by atoms with Crippen LogP contribution in [0.5, 0.6) is 5.75 Å². The Bertz CT molecular complexity index is 312. The van der Waals surface area contributed by atoms with Crippen LogP contribution in [-0.4, -0.2) is 12.2 Å². The molecule has 2 N–H and O–H groups in total. The number of phenols is 1. The molecule has 0 heterocycles. The largest absolute Gasteiger partial charge is 0.507 e. The Morgan fingerprint density at radius 3 is 2.62 bits per heavy atom. The van der Waals surface area contributed by atoms with Crippen LogP contribution < -0.4 is 5.32 Å². The van der Waals surface area contributed by atoms with Gasteiger partial charge in [-0.05, 0) is 38.6 Å². The van der Waals surface area contributed by atoms with Gasteiger partial charge in [0.2, 0.25) is 0 Å². The number of aromatic hydroxyl groups is 1. The Balaban J connectivity index is 3.20. The van der Waals surface area contributed by atoms with Crippen molar-refractivity contribution in [2.24, 2.45) is 0 Å². The van der Waals surface area contributed by atoms with Crippen molar-refractivity contribution in [3.63, 3.8) is 0 Å². The predicted octanol–water partition coefficient (Wildman–Crippen LogP) is 2.74. The van der Waals surface area contributed by atoms with Gasteiger partial charge in [-0.25, -0.2) is 0 Å². The molecule has 1 aromatic rings. The summed E-state index contributed by atoms with van der Waals surface area (Å²) in [4.78, 5) is 0. The third-order valence-corrected chi connectivity index (χ3v) is 2.65. The van der Waals surface area contributed by atoms with Gasteiger partial charge >= 0.3 is 0 Å². The number of phenolic OH excluding ortho intramolecular Hbond substituents is 1. The van der Waals surface area contributed by atoms with Crippen LogP contribution in [0.2, 0.25) is 0 Å². The van der Waals surface area contributed by atoms with E-state index in [1.807, 2.05) is 33.0 Å². The second-order valence-electron chi connectivity index (χ2n) is 3.17. The molecule has 0 aliphatic carbocycles. The fourth-order valence-corrected chi connectivity index (χ4v) is 1.84. The fourth-order valence-electron chi connectivity index (χ4n) is 1.25. The molecule has 3 heteroatoms. The van der Waals surface area contributed by atoms with Crippen molar-refractivity contribution in [1.82, 2.24) is 5.32 Å². The first-order chi connectivity index (χ1) is 6.06. The van der Waals surface area contributed by atoms with E-state index in [-0.39, 0.29) is 6.04 Å². The van der Waals surface area contributed by atoms with Crippen molar-refractivity contribution in [2.45, 2.75) is 19.9 Å². The Labute approximate surface area is 87.1 Å². The summed E-state index contributed by atoms with van der Waals surface area (Å²) in [5.41, 5.74) is 1.82. The maximum atomic E-state index is 9.76. The van der Waals surface area contributed by atoms with Crippen LogP contribution in [0.15, 0.2) is 16.6 Å². The normalized spacial score (nSPS) is 12.9. The molecule has 1 aromatic carbocycles. The summed E-state index contributed by atoms with van der Waals surface area (Å²) in [5, 5.41) is 12.9. The van der Waals surface area contributed by atoms with Crippen molar-refractivity contribution in [2.75, 3.05) is 7.05 Å². The van der Waals surface area contributed by atoms with Crippen LogP contribution in [0.25, 0.3) is 0 Å². The molecule has 0 unspecified atom stereocenters. The molecule has 0 spiro atoms. The van der Waals surface area contributed by atoms with Gasteiger partial charge in [0, 0.05) is 16.1 Å². The lowest BCUT2D eigenvalue weighted by atomic mass is 10.0. The van der Waals surface area contributed by atoms with Crippen molar-refractivity contribution >= 4 is 15.9 Å². The molecule has 0 amide bonds. The molecule has 13 heavy (non-hydrogen) atoms. The lowest BCUT2D eigenvalue weighted by Gasteiger charge is -2.14. The molecular formula is C10H14BrNO. The smallest absolute Gasteiger partial charge is 0.123 e. The summed E-state index contributed by atoms with van der Waals surface area (Å²) in [5.74, 6) is 0.380. The minimum Gasteiger partial charge on any atom is -0.507 e. The monoisotopic (exact) mass is 243 g/mol. The topological polar surface area (TPSA) is 32.3 Å². The molecule has 0 saturated carbocycles. The van der Waals surface area contributed by atoms with Crippen LogP contribution >= 0.6 is 15.9 Å². The lowest BCUT2D eigenvalue weighted by Crippen LogP contribution is -2.12. The molecule has 0 aromatic heterocycles. The first kappa shape index (κ1) is 10.5. The first-order valence-corrected chi connectivity index (χ1v) is 5.01. The molecular weight excluding hydrogens is 230 g/mol. The van der Waals surface area contributed by atoms with E-state index < -0.39 is 0 Å². The molecule has 72 valence electrons. The number of hydrogen-bond donors (Lipinski definition) is 2. The van der Waals surface area contributed by atoms with Gasteiger partial charge in [-0.1, -0.05) is 15.9 Å². The van der Waals surface area contributed by atoms with Gasteiger partial charge in [0.05, 0.1) is 0 Å². The van der Waals surface area contributed by atoms with E-state index >= 15 is 0 Å². The Hall–Kier alpha value is -0.540. The molecule has 0 aliphatic heterocycles. The lowest BCUT2D eigenvalue weighted by molar-refractivity contribution is 0.453. The van der Waals surface area contributed by atoms with E-state index in [1.54, 1.807) is 0 Å². The second kappa shape index (κ2) is 4.11. The molecule has 0 saturated heterocycles. The van der Waals surface area contributed by atoms with Gasteiger partial charge in [-0.2, -0.15) is 0 Å². The summed E-state index contributed by atoms with van der Waals surface area (Å²) in [6.45, 7) is 3.91. The zero-order valence-electron chi connectivity index (χ0n) is 8.06. The summed E-state index contributed by atoms with van der Waals surface area (Å²) in [6.07, 6.45) is 0. The minimum absolute atomic E-state index is 0.163.